The molecule has 0 spiro atoms. The Labute approximate surface area is 102 Å². The van der Waals surface area contributed by atoms with Crippen LogP contribution in [0.25, 0.3) is 0 Å². The van der Waals surface area contributed by atoms with E-state index in [2.05, 4.69) is 32.2 Å². The molecule has 0 saturated carbocycles. The van der Waals surface area contributed by atoms with E-state index in [1.165, 1.54) is 5.56 Å². The Bertz CT molecular complexity index is 396. The Morgan fingerprint density at radius 2 is 2.06 bits per heavy atom. The van der Waals surface area contributed by atoms with Crippen molar-refractivity contribution < 1.29 is 4.74 Å². The van der Waals surface area contributed by atoms with Gasteiger partial charge < -0.3 is 10.1 Å². The van der Waals surface area contributed by atoms with Crippen LogP contribution in [0.15, 0.2) is 12.1 Å². The van der Waals surface area contributed by atoms with Crippen LogP contribution in [0.1, 0.15) is 31.9 Å². The lowest BCUT2D eigenvalue weighted by Gasteiger charge is -2.21. The fraction of sp³-hybridized carbons (Fsp3) is 0.538. The van der Waals surface area contributed by atoms with Crippen LogP contribution >= 0.6 is 11.6 Å². The number of rotatable bonds is 0. The fourth-order valence-electron chi connectivity index (χ4n) is 1.82. The number of nitrogens with one attached hydrogen (secondary N) is 1. The van der Waals surface area contributed by atoms with Crippen molar-refractivity contribution >= 4 is 11.6 Å². The Balaban J connectivity index is 2.48. The lowest BCUT2D eigenvalue weighted by molar-refractivity contribution is 0.326. The van der Waals surface area contributed by atoms with Gasteiger partial charge in [0.15, 0.2) is 0 Å². The van der Waals surface area contributed by atoms with Gasteiger partial charge in [-0.15, -0.1) is 0 Å². The third-order valence-corrected chi connectivity index (χ3v) is 3.11. The molecule has 0 fully saturated rings. The molecule has 0 unspecified atom stereocenters. The molecule has 0 aromatic heterocycles. The normalized spacial score (nSPS) is 16.2. The minimum Gasteiger partial charge on any atom is -0.490 e. The predicted octanol–water partition coefficient (Wildman–Crippen LogP) is 3.12. The quantitative estimate of drug-likeness (QED) is 0.751. The third kappa shape index (κ3) is 2.33. The number of benzene rings is 1. The number of ether oxygens (including phenoxy) is 1. The number of halogens is 1. The van der Waals surface area contributed by atoms with Crippen LogP contribution in [-0.4, -0.2) is 13.2 Å². The molecule has 2 nitrogen and oxygen atoms in total. The summed E-state index contributed by atoms with van der Waals surface area (Å²) < 4.78 is 5.65. The molecule has 16 heavy (non-hydrogen) atoms. The van der Waals surface area contributed by atoms with Gasteiger partial charge in [-0.1, -0.05) is 38.4 Å². The first kappa shape index (κ1) is 11.7. The minimum atomic E-state index is 0.116. The van der Waals surface area contributed by atoms with E-state index in [1.807, 2.05) is 6.07 Å². The molecule has 3 heteroatoms. The summed E-state index contributed by atoms with van der Waals surface area (Å²) in [6.07, 6.45) is 0. The molecule has 0 radical (unpaired) electrons. The summed E-state index contributed by atoms with van der Waals surface area (Å²) in [5.74, 6) is 0.847. The molecule has 0 atom stereocenters. The molecule has 0 bridgehead atoms. The van der Waals surface area contributed by atoms with E-state index in [-0.39, 0.29) is 5.41 Å². The van der Waals surface area contributed by atoms with E-state index in [9.17, 15) is 0 Å². The average molecular weight is 240 g/mol. The lowest BCUT2D eigenvalue weighted by atomic mass is 9.86. The molecular weight excluding hydrogens is 222 g/mol. The summed E-state index contributed by atoms with van der Waals surface area (Å²) in [5, 5.41) is 4.05. The van der Waals surface area contributed by atoms with Crippen molar-refractivity contribution in [3.05, 3.63) is 28.3 Å². The smallest absolute Gasteiger partial charge is 0.142 e. The SMILES string of the molecule is CC(C)(C)c1cc(Cl)c2c(c1)CNCCO2. The van der Waals surface area contributed by atoms with Crippen LogP contribution in [0.5, 0.6) is 5.75 Å². The molecule has 88 valence electrons. The van der Waals surface area contributed by atoms with E-state index < -0.39 is 0 Å². The summed E-state index contributed by atoms with van der Waals surface area (Å²) in [7, 11) is 0. The predicted molar refractivity (Wildman–Crippen MR) is 67.4 cm³/mol. The summed E-state index contributed by atoms with van der Waals surface area (Å²) in [6.45, 7) is 8.96. The third-order valence-electron chi connectivity index (χ3n) is 2.83. The lowest BCUT2D eigenvalue weighted by Crippen LogP contribution is -2.16. The van der Waals surface area contributed by atoms with Gasteiger partial charge in [0.05, 0.1) is 5.02 Å². The van der Waals surface area contributed by atoms with Crippen molar-refractivity contribution in [2.75, 3.05) is 13.2 Å². The van der Waals surface area contributed by atoms with E-state index in [0.717, 1.165) is 29.4 Å². The first-order valence-corrected chi connectivity index (χ1v) is 6.03. The van der Waals surface area contributed by atoms with Gasteiger partial charge in [-0.3, -0.25) is 0 Å². The van der Waals surface area contributed by atoms with Gasteiger partial charge in [0, 0.05) is 18.7 Å². The van der Waals surface area contributed by atoms with Crippen molar-refractivity contribution in [1.29, 1.82) is 0 Å². The molecule has 0 amide bonds. The summed E-state index contributed by atoms with van der Waals surface area (Å²) in [4.78, 5) is 0. The van der Waals surface area contributed by atoms with Crippen LogP contribution in [0.3, 0.4) is 0 Å². The number of hydrogen-bond donors (Lipinski definition) is 1. The molecule has 1 aromatic rings. The highest BCUT2D eigenvalue weighted by Gasteiger charge is 2.19. The van der Waals surface area contributed by atoms with E-state index in [4.69, 9.17) is 16.3 Å². The van der Waals surface area contributed by atoms with Gasteiger partial charge in [-0.2, -0.15) is 0 Å². The largest absolute Gasteiger partial charge is 0.490 e. The van der Waals surface area contributed by atoms with Crippen LogP contribution in [0.4, 0.5) is 0 Å². The molecule has 1 N–H and O–H groups in total. The molecule has 0 aliphatic carbocycles. The van der Waals surface area contributed by atoms with Gasteiger partial charge in [0.1, 0.15) is 12.4 Å². The van der Waals surface area contributed by atoms with Crippen molar-refractivity contribution in [3.63, 3.8) is 0 Å². The van der Waals surface area contributed by atoms with Crippen molar-refractivity contribution in [2.24, 2.45) is 0 Å². The molecule has 0 saturated heterocycles. The number of fused-ring (bicyclic) bond motifs is 1. The Kier molecular flexibility index (Phi) is 3.13. The standard InChI is InChI=1S/C13H18ClNO/c1-13(2,3)10-6-9-8-15-4-5-16-12(9)11(14)7-10/h6-7,15H,4-5,8H2,1-3H3. The first-order valence-electron chi connectivity index (χ1n) is 5.65. The summed E-state index contributed by atoms with van der Waals surface area (Å²) >= 11 is 6.27. The van der Waals surface area contributed by atoms with Crippen molar-refractivity contribution in [3.8, 4) is 5.75 Å². The van der Waals surface area contributed by atoms with Crippen LogP contribution in [0, 0.1) is 0 Å². The molecule has 1 aliphatic heterocycles. The molecule has 1 aliphatic rings. The van der Waals surface area contributed by atoms with Gasteiger partial charge in [0.2, 0.25) is 0 Å². The Morgan fingerprint density at radius 1 is 1.31 bits per heavy atom. The summed E-state index contributed by atoms with van der Waals surface area (Å²) in [6, 6.07) is 4.21. The van der Waals surface area contributed by atoms with E-state index in [1.54, 1.807) is 0 Å². The maximum atomic E-state index is 6.27. The molecular formula is C13H18ClNO. The van der Waals surface area contributed by atoms with Gasteiger partial charge in [0.25, 0.3) is 0 Å². The molecule has 1 heterocycles. The maximum absolute atomic E-state index is 6.27. The fourth-order valence-corrected chi connectivity index (χ4v) is 2.12. The van der Waals surface area contributed by atoms with Crippen LogP contribution in [-0.2, 0) is 12.0 Å². The van der Waals surface area contributed by atoms with Crippen LogP contribution < -0.4 is 10.1 Å². The van der Waals surface area contributed by atoms with Crippen LogP contribution in [0.2, 0.25) is 5.02 Å². The first-order chi connectivity index (χ1) is 7.48. The average Bonchev–Trinajstić information content (AvgIpc) is 2.41. The molecule has 1 aromatic carbocycles. The monoisotopic (exact) mass is 239 g/mol. The van der Waals surface area contributed by atoms with Gasteiger partial charge >= 0.3 is 0 Å². The van der Waals surface area contributed by atoms with E-state index >= 15 is 0 Å². The maximum Gasteiger partial charge on any atom is 0.142 e. The minimum absolute atomic E-state index is 0.116. The zero-order valence-electron chi connectivity index (χ0n) is 10.1. The van der Waals surface area contributed by atoms with Crippen molar-refractivity contribution in [1.82, 2.24) is 5.32 Å². The van der Waals surface area contributed by atoms with Gasteiger partial charge in [-0.25, -0.2) is 0 Å². The highest BCUT2D eigenvalue weighted by molar-refractivity contribution is 6.32. The topological polar surface area (TPSA) is 21.3 Å². The molecule has 2 rings (SSSR count). The second kappa shape index (κ2) is 4.27. The summed E-state index contributed by atoms with van der Waals surface area (Å²) in [5.41, 5.74) is 2.53. The second-order valence-corrected chi connectivity index (χ2v) is 5.63. The van der Waals surface area contributed by atoms with E-state index in [0.29, 0.717) is 6.61 Å². The zero-order chi connectivity index (χ0) is 11.8. The number of hydrogen-bond acceptors (Lipinski definition) is 2. The Morgan fingerprint density at radius 3 is 2.75 bits per heavy atom. The second-order valence-electron chi connectivity index (χ2n) is 5.22. The Hall–Kier alpha value is -0.730. The van der Waals surface area contributed by atoms with Crippen molar-refractivity contribution in [2.45, 2.75) is 32.7 Å². The van der Waals surface area contributed by atoms with Gasteiger partial charge in [-0.05, 0) is 17.0 Å². The zero-order valence-corrected chi connectivity index (χ0v) is 10.8. The highest BCUT2D eigenvalue weighted by Crippen LogP contribution is 2.35. The highest BCUT2D eigenvalue weighted by atomic mass is 35.5.